The summed E-state index contributed by atoms with van der Waals surface area (Å²) in [6.45, 7) is 0. The predicted octanol–water partition coefficient (Wildman–Crippen LogP) is 0.994. The van der Waals surface area contributed by atoms with Crippen LogP contribution in [-0.4, -0.2) is 16.8 Å². The van der Waals surface area contributed by atoms with E-state index in [0.717, 1.165) is 0 Å². The number of nitrogen functional groups attached to an aromatic ring is 2. The maximum Gasteiger partial charge on any atom is 0.220 e. The van der Waals surface area contributed by atoms with Gasteiger partial charge in [-0.05, 0) is 6.07 Å². The van der Waals surface area contributed by atoms with Crippen molar-refractivity contribution in [2.24, 2.45) is 0 Å². The van der Waals surface area contributed by atoms with Crippen molar-refractivity contribution in [1.29, 1.82) is 0 Å². The van der Waals surface area contributed by atoms with Gasteiger partial charge < -0.3 is 16.3 Å². The summed E-state index contributed by atoms with van der Waals surface area (Å²) < 4.78 is 6.37. The van der Waals surface area contributed by atoms with Gasteiger partial charge in [0.05, 0.1) is 12.6 Å². The Morgan fingerprint density at radius 3 is 2.86 bits per heavy atom. The van der Waals surface area contributed by atoms with Gasteiger partial charge in [-0.25, -0.2) is 9.66 Å². The van der Waals surface area contributed by atoms with Crippen LogP contribution in [0.2, 0.25) is 5.02 Å². The number of methoxy groups -OCH3 is 1. The van der Waals surface area contributed by atoms with Crippen molar-refractivity contribution in [2.45, 2.75) is 0 Å². The zero-order valence-corrected chi connectivity index (χ0v) is 8.25. The Morgan fingerprint density at radius 1 is 1.50 bits per heavy atom. The molecule has 0 aliphatic carbocycles. The topological polar surface area (TPSA) is 79.1 Å². The number of ether oxygens (including phenoxy) is 1. The number of rotatable bonds is 1. The Kier molecular flexibility index (Phi) is 1.89. The number of nitrogens with zero attached hydrogens (tertiary/aromatic N) is 2. The summed E-state index contributed by atoms with van der Waals surface area (Å²) in [4.78, 5) is 4.06. The molecule has 0 saturated heterocycles. The summed E-state index contributed by atoms with van der Waals surface area (Å²) in [5, 5.41) is 0.529. The molecule has 0 radical (unpaired) electrons. The lowest BCUT2D eigenvalue weighted by molar-refractivity contribution is 0.419. The van der Waals surface area contributed by atoms with Gasteiger partial charge in [0.2, 0.25) is 5.95 Å². The van der Waals surface area contributed by atoms with Crippen LogP contribution in [0.5, 0.6) is 5.75 Å². The molecule has 0 spiro atoms. The van der Waals surface area contributed by atoms with Crippen molar-refractivity contribution in [2.75, 3.05) is 18.7 Å². The predicted molar refractivity (Wildman–Crippen MR) is 55.9 cm³/mol. The highest BCUT2D eigenvalue weighted by molar-refractivity contribution is 6.31. The van der Waals surface area contributed by atoms with Crippen molar-refractivity contribution in [3.8, 4) is 5.75 Å². The van der Waals surface area contributed by atoms with Crippen molar-refractivity contribution < 1.29 is 4.74 Å². The van der Waals surface area contributed by atoms with Crippen molar-refractivity contribution >= 4 is 28.6 Å². The second-order valence-electron chi connectivity index (χ2n) is 2.82. The summed E-state index contributed by atoms with van der Waals surface area (Å²) in [5.74, 6) is 6.43. The molecular formula is C8H9ClN4O. The van der Waals surface area contributed by atoms with Crippen LogP contribution in [0.3, 0.4) is 0 Å². The van der Waals surface area contributed by atoms with Crippen LogP contribution in [0.4, 0.5) is 5.95 Å². The summed E-state index contributed by atoms with van der Waals surface area (Å²) in [6.07, 6.45) is 0. The van der Waals surface area contributed by atoms with Crippen LogP contribution >= 0.6 is 11.6 Å². The molecule has 5 nitrogen and oxygen atoms in total. The Balaban J connectivity index is 2.87. The molecule has 14 heavy (non-hydrogen) atoms. The quantitative estimate of drug-likeness (QED) is 0.691. The first-order valence-electron chi connectivity index (χ1n) is 3.90. The molecule has 6 heteroatoms. The number of fused-ring (bicyclic) bond motifs is 1. The van der Waals surface area contributed by atoms with Gasteiger partial charge in [0, 0.05) is 11.1 Å². The maximum atomic E-state index is 5.87. The smallest absolute Gasteiger partial charge is 0.220 e. The fourth-order valence-corrected chi connectivity index (χ4v) is 1.51. The van der Waals surface area contributed by atoms with Gasteiger partial charge in [0.15, 0.2) is 0 Å². The zero-order valence-electron chi connectivity index (χ0n) is 7.49. The molecule has 0 fully saturated rings. The number of aromatic nitrogens is 2. The van der Waals surface area contributed by atoms with Crippen LogP contribution in [0, 0.1) is 0 Å². The number of nitrogens with two attached hydrogens (primary N) is 2. The van der Waals surface area contributed by atoms with E-state index in [-0.39, 0.29) is 5.95 Å². The van der Waals surface area contributed by atoms with Gasteiger partial charge in [-0.1, -0.05) is 11.6 Å². The molecule has 0 atom stereocenters. The van der Waals surface area contributed by atoms with E-state index in [1.807, 2.05) is 0 Å². The Hall–Kier alpha value is -1.62. The minimum atomic E-state index is 0.223. The number of imidazole rings is 1. The van der Waals surface area contributed by atoms with Crippen molar-refractivity contribution in [3.05, 3.63) is 17.2 Å². The van der Waals surface area contributed by atoms with Gasteiger partial charge in [-0.15, -0.1) is 0 Å². The molecule has 1 heterocycles. The fourth-order valence-electron chi connectivity index (χ4n) is 1.30. The minimum absolute atomic E-state index is 0.223. The van der Waals surface area contributed by atoms with E-state index >= 15 is 0 Å². The number of benzene rings is 1. The highest BCUT2D eigenvalue weighted by Crippen LogP contribution is 2.29. The summed E-state index contributed by atoms with van der Waals surface area (Å²) in [5.41, 5.74) is 6.81. The molecule has 0 aliphatic rings. The SMILES string of the molecule is COc1cc(Cl)cc2c1nc(N)n2N. The summed E-state index contributed by atoms with van der Waals surface area (Å²) in [6, 6.07) is 3.35. The Labute approximate surface area is 85.2 Å². The van der Waals surface area contributed by atoms with Gasteiger partial charge in [-0.3, -0.25) is 0 Å². The van der Waals surface area contributed by atoms with E-state index in [1.54, 1.807) is 12.1 Å². The largest absolute Gasteiger partial charge is 0.494 e. The van der Waals surface area contributed by atoms with Crippen molar-refractivity contribution in [1.82, 2.24) is 9.66 Å². The van der Waals surface area contributed by atoms with Gasteiger partial charge in [0.1, 0.15) is 11.3 Å². The molecule has 0 bridgehead atoms. The van der Waals surface area contributed by atoms with Crippen LogP contribution in [0.15, 0.2) is 12.1 Å². The average Bonchev–Trinajstić information content (AvgIpc) is 2.43. The fraction of sp³-hybridized carbons (Fsp3) is 0.125. The van der Waals surface area contributed by atoms with Crippen LogP contribution in [-0.2, 0) is 0 Å². The van der Waals surface area contributed by atoms with E-state index in [2.05, 4.69) is 4.98 Å². The monoisotopic (exact) mass is 212 g/mol. The van der Waals surface area contributed by atoms with Crippen molar-refractivity contribution in [3.63, 3.8) is 0 Å². The molecule has 4 N–H and O–H groups in total. The molecule has 74 valence electrons. The van der Waals surface area contributed by atoms with E-state index in [1.165, 1.54) is 11.8 Å². The molecule has 0 amide bonds. The number of halogens is 1. The highest BCUT2D eigenvalue weighted by atomic mass is 35.5. The molecular weight excluding hydrogens is 204 g/mol. The lowest BCUT2D eigenvalue weighted by Crippen LogP contribution is -2.11. The van der Waals surface area contributed by atoms with Gasteiger partial charge in [-0.2, -0.15) is 0 Å². The lowest BCUT2D eigenvalue weighted by Gasteiger charge is -2.01. The molecule has 0 saturated carbocycles. The number of anilines is 1. The minimum Gasteiger partial charge on any atom is -0.494 e. The molecule has 1 aromatic carbocycles. The second-order valence-corrected chi connectivity index (χ2v) is 3.25. The number of hydrogen-bond acceptors (Lipinski definition) is 4. The maximum absolute atomic E-state index is 5.87. The summed E-state index contributed by atoms with van der Waals surface area (Å²) >= 11 is 5.87. The molecule has 2 rings (SSSR count). The third-order valence-corrected chi connectivity index (χ3v) is 2.19. The van der Waals surface area contributed by atoms with Crippen LogP contribution < -0.4 is 16.3 Å². The molecule has 0 aliphatic heterocycles. The third kappa shape index (κ3) is 1.13. The first-order valence-corrected chi connectivity index (χ1v) is 4.28. The first-order chi connectivity index (χ1) is 6.63. The van der Waals surface area contributed by atoms with Gasteiger partial charge in [0.25, 0.3) is 0 Å². The zero-order chi connectivity index (χ0) is 10.3. The molecule has 0 unspecified atom stereocenters. The van der Waals surface area contributed by atoms with E-state index in [9.17, 15) is 0 Å². The summed E-state index contributed by atoms with van der Waals surface area (Å²) in [7, 11) is 1.54. The van der Waals surface area contributed by atoms with E-state index < -0.39 is 0 Å². The van der Waals surface area contributed by atoms with Gasteiger partial charge >= 0.3 is 0 Å². The number of hydrogen-bond donors (Lipinski definition) is 2. The normalized spacial score (nSPS) is 10.7. The highest BCUT2D eigenvalue weighted by Gasteiger charge is 2.11. The second kappa shape index (κ2) is 2.95. The first kappa shape index (κ1) is 8.96. The Morgan fingerprint density at radius 2 is 2.21 bits per heavy atom. The third-order valence-electron chi connectivity index (χ3n) is 1.97. The standard InChI is InChI=1S/C8H9ClN4O/c1-14-6-3-4(9)2-5-7(6)12-8(10)13(5)11/h2-3H,11H2,1H3,(H2,10,12). The van der Waals surface area contributed by atoms with E-state index in [0.29, 0.717) is 21.8 Å². The van der Waals surface area contributed by atoms with Crippen LogP contribution in [0.25, 0.3) is 11.0 Å². The molecule has 1 aromatic heterocycles. The molecule has 2 aromatic rings. The average molecular weight is 213 g/mol. The lowest BCUT2D eigenvalue weighted by atomic mass is 10.3. The van der Waals surface area contributed by atoms with Crippen LogP contribution in [0.1, 0.15) is 0 Å². The Bertz CT molecular complexity index is 494. The van der Waals surface area contributed by atoms with E-state index in [4.69, 9.17) is 27.9 Å².